The first-order chi connectivity index (χ1) is 9.83. The van der Waals surface area contributed by atoms with Crippen molar-refractivity contribution in [3.8, 4) is 0 Å². The first-order valence-corrected chi connectivity index (χ1v) is 7.32. The van der Waals surface area contributed by atoms with Gasteiger partial charge < -0.3 is 10.3 Å². The topological polar surface area (TPSA) is 70.7 Å². The summed E-state index contributed by atoms with van der Waals surface area (Å²) in [5.41, 5.74) is 3.99. The average molecular weight is 286 g/mol. The predicted molar refractivity (Wildman–Crippen MR) is 79.8 cm³/mol. The number of nitrogens with one attached hydrogen (secondary N) is 2. The van der Waals surface area contributed by atoms with Gasteiger partial charge >= 0.3 is 0 Å². The van der Waals surface area contributed by atoms with Gasteiger partial charge in [0.15, 0.2) is 0 Å². The van der Waals surface area contributed by atoms with Crippen molar-refractivity contribution in [1.82, 2.24) is 15.2 Å². The zero-order chi connectivity index (χ0) is 13.8. The van der Waals surface area contributed by atoms with E-state index in [9.17, 15) is 4.79 Å². The predicted octanol–water partition coefficient (Wildman–Crippen LogP) is 2.98. The molecule has 20 heavy (non-hydrogen) atoms. The van der Waals surface area contributed by atoms with Gasteiger partial charge in [0.1, 0.15) is 5.51 Å². The van der Waals surface area contributed by atoms with Crippen molar-refractivity contribution >= 4 is 33.3 Å². The molecule has 0 aliphatic rings. The van der Waals surface area contributed by atoms with Gasteiger partial charge in [-0.3, -0.25) is 4.79 Å². The quantitative estimate of drug-likeness (QED) is 0.757. The van der Waals surface area contributed by atoms with Crippen molar-refractivity contribution in [2.75, 3.05) is 5.32 Å². The number of para-hydroxylation sites is 1. The number of carbonyl (C=O) groups is 1. The van der Waals surface area contributed by atoms with E-state index >= 15 is 0 Å². The van der Waals surface area contributed by atoms with Gasteiger partial charge in [-0.15, -0.1) is 10.2 Å². The van der Waals surface area contributed by atoms with Crippen molar-refractivity contribution < 1.29 is 4.79 Å². The summed E-state index contributed by atoms with van der Waals surface area (Å²) in [5, 5.41) is 12.0. The van der Waals surface area contributed by atoms with E-state index in [-0.39, 0.29) is 5.91 Å². The minimum Gasteiger partial charge on any atom is -0.361 e. The third-order valence-corrected chi connectivity index (χ3v) is 3.74. The summed E-state index contributed by atoms with van der Waals surface area (Å²) in [4.78, 5) is 15.0. The Morgan fingerprint density at radius 2 is 2.25 bits per heavy atom. The number of aryl methyl sites for hydroxylation is 1. The maximum Gasteiger partial charge on any atom is 0.226 e. The van der Waals surface area contributed by atoms with Crippen LogP contribution in [0.25, 0.3) is 10.9 Å². The average Bonchev–Trinajstić information content (AvgIpc) is 3.09. The molecule has 0 atom stereocenters. The van der Waals surface area contributed by atoms with Gasteiger partial charge in [0.2, 0.25) is 11.0 Å². The van der Waals surface area contributed by atoms with Crippen molar-refractivity contribution in [2.45, 2.75) is 19.3 Å². The number of fused-ring (bicyclic) bond motifs is 1. The van der Waals surface area contributed by atoms with Crippen LogP contribution in [0.15, 0.2) is 36.0 Å². The Hall–Kier alpha value is -2.21. The maximum atomic E-state index is 11.7. The number of rotatable bonds is 5. The fourth-order valence-electron chi connectivity index (χ4n) is 2.19. The zero-order valence-electron chi connectivity index (χ0n) is 10.8. The second-order valence-corrected chi connectivity index (χ2v) is 5.34. The Morgan fingerprint density at radius 3 is 3.10 bits per heavy atom. The fourth-order valence-corrected chi connectivity index (χ4v) is 2.65. The molecule has 0 aliphatic heterocycles. The van der Waals surface area contributed by atoms with E-state index in [0.717, 1.165) is 18.4 Å². The number of hydrogen-bond acceptors (Lipinski definition) is 4. The highest BCUT2D eigenvalue weighted by atomic mass is 32.1. The molecule has 0 aliphatic carbocycles. The number of H-pyrrole nitrogens is 1. The molecule has 0 saturated carbocycles. The van der Waals surface area contributed by atoms with Crippen LogP contribution in [0.5, 0.6) is 0 Å². The van der Waals surface area contributed by atoms with Gasteiger partial charge in [-0.2, -0.15) is 0 Å². The molecule has 102 valence electrons. The monoisotopic (exact) mass is 286 g/mol. The second-order valence-electron chi connectivity index (χ2n) is 4.51. The van der Waals surface area contributed by atoms with E-state index in [0.29, 0.717) is 11.6 Å². The van der Waals surface area contributed by atoms with E-state index in [1.807, 2.05) is 18.3 Å². The third-order valence-electron chi connectivity index (χ3n) is 3.13. The third kappa shape index (κ3) is 2.85. The minimum absolute atomic E-state index is 0.0124. The van der Waals surface area contributed by atoms with Crippen molar-refractivity contribution in [3.63, 3.8) is 0 Å². The molecular formula is C14H14N4OS. The molecule has 5 nitrogen and oxygen atoms in total. The number of anilines is 1. The fraction of sp³-hybridized carbons (Fsp3) is 0.214. The van der Waals surface area contributed by atoms with Gasteiger partial charge in [-0.1, -0.05) is 29.5 Å². The normalized spacial score (nSPS) is 10.8. The molecule has 0 saturated heterocycles. The molecular weight excluding hydrogens is 272 g/mol. The molecule has 2 N–H and O–H groups in total. The van der Waals surface area contributed by atoms with Crippen LogP contribution < -0.4 is 5.32 Å². The van der Waals surface area contributed by atoms with Crippen LogP contribution in [0.3, 0.4) is 0 Å². The molecule has 3 aromatic rings. The SMILES string of the molecule is O=C(CCCc1c[nH]c2ccccc12)Nc1nncs1. The second kappa shape index (κ2) is 5.83. The molecule has 6 heteroatoms. The lowest BCUT2D eigenvalue weighted by Gasteiger charge is -2.01. The molecule has 2 aromatic heterocycles. The van der Waals surface area contributed by atoms with Crippen LogP contribution in [0.4, 0.5) is 5.13 Å². The number of carbonyl (C=O) groups excluding carboxylic acids is 1. The molecule has 0 radical (unpaired) electrons. The molecule has 0 unspecified atom stereocenters. The molecule has 0 spiro atoms. The smallest absolute Gasteiger partial charge is 0.226 e. The number of amides is 1. The first-order valence-electron chi connectivity index (χ1n) is 6.44. The van der Waals surface area contributed by atoms with Gasteiger partial charge in [-0.25, -0.2) is 0 Å². The van der Waals surface area contributed by atoms with Gasteiger partial charge in [-0.05, 0) is 24.5 Å². The van der Waals surface area contributed by atoms with Crippen molar-refractivity contribution in [1.29, 1.82) is 0 Å². The molecule has 2 heterocycles. The Labute approximate surface area is 120 Å². The van der Waals surface area contributed by atoms with Gasteiger partial charge in [0.25, 0.3) is 0 Å². The summed E-state index contributed by atoms with van der Waals surface area (Å²) in [6.07, 6.45) is 4.20. The summed E-state index contributed by atoms with van der Waals surface area (Å²) in [6.45, 7) is 0. The summed E-state index contributed by atoms with van der Waals surface area (Å²) >= 11 is 1.33. The van der Waals surface area contributed by atoms with E-state index in [2.05, 4.69) is 32.6 Å². The number of hydrogen-bond donors (Lipinski definition) is 2. The highest BCUT2D eigenvalue weighted by Gasteiger charge is 2.07. The number of aromatic nitrogens is 3. The standard InChI is InChI=1S/C14H14N4OS/c19-13(17-14-18-16-9-20-14)7-3-4-10-8-15-12-6-2-1-5-11(10)12/h1-2,5-6,8-9,15H,3-4,7H2,(H,17,18,19). The van der Waals surface area contributed by atoms with Crippen LogP contribution >= 0.6 is 11.3 Å². The van der Waals surface area contributed by atoms with E-state index in [1.165, 1.54) is 22.3 Å². The molecule has 1 amide bonds. The highest BCUT2D eigenvalue weighted by Crippen LogP contribution is 2.19. The number of nitrogens with zero attached hydrogens (tertiary/aromatic N) is 2. The number of benzene rings is 1. The lowest BCUT2D eigenvalue weighted by atomic mass is 10.1. The van der Waals surface area contributed by atoms with E-state index in [4.69, 9.17) is 0 Å². The van der Waals surface area contributed by atoms with Crippen LogP contribution in [0.1, 0.15) is 18.4 Å². The largest absolute Gasteiger partial charge is 0.361 e. The summed E-state index contributed by atoms with van der Waals surface area (Å²) in [5.74, 6) is -0.0124. The van der Waals surface area contributed by atoms with E-state index in [1.54, 1.807) is 5.51 Å². The summed E-state index contributed by atoms with van der Waals surface area (Å²) in [6, 6.07) is 8.20. The van der Waals surface area contributed by atoms with Crippen LogP contribution in [0, 0.1) is 0 Å². The number of aromatic amines is 1. The van der Waals surface area contributed by atoms with E-state index < -0.39 is 0 Å². The lowest BCUT2D eigenvalue weighted by molar-refractivity contribution is -0.116. The Bertz CT molecular complexity index is 705. The van der Waals surface area contributed by atoms with Crippen molar-refractivity contribution in [3.05, 3.63) is 41.5 Å². The van der Waals surface area contributed by atoms with Gasteiger partial charge in [0, 0.05) is 23.5 Å². The molecule has 0 bridgehead atoms. The van der Waals surface area contributed by atoms with Crippen LogP contribution in [-0.2, 0) is 11.2 Å². The van der Waals surface area contributed by atoms with Gasteiger partial charge in [0.05, 0.1) is 0 Å². The molecule has 1 aromatic carbocycles. The Morgan fingerprint density at radius 1 is 1.35 bits per heavy atom. The summed E-state index contributed by atoms with van der Waals surface area (Å²) in [7, 11) is 0. The molecule has 3 rings (SSSR count). The Kier molecular flexibility index (Phi) is 3.73. The maximum absolute atomic E-state index is 11.7. The van der Waals surface area contributed by atoms with Crippen molar-refractivity contribution in [2.24, 2.45) is 0 Å². The Balaban J connectivity index is 1.53. The lowest BCUT2D eigenvalue weighted by Crippen LogP contribution is -2.11. The van der Waals surface area contributed by atoms with Crippen LogP contribution in [0.2, 0.25) is 0 Å². The zero-order valence-corrected chi connectivity index (χ0v) is 11.6. The molecule has 0 fully saturated rings. The first kappa shape index (κ1) is 12.8. The summed E-state index contributed by atoms with van der Waals surface area (Å²) < 4.78 is 0. The van der Waals surface area contributed by atoms with Crippen LogP contribution in [-0.4, -0.2) is 21.1 Å². The minimum atomic E-state index is -0.0124. The highest BCUT2D eigenvalue weighted by molar-refractivity contribution is 7.13.